The summed E-state index contributed by atoms with van der Waals surface area (Å²) in [5.74, 6) is 0. The maximum atomic E-state index is 3.36. The predicted octanol–water partition coefficient (Wildman–Crippen LogP) is 5.14. The van der Waals surface area contributed by atoms with Crippen molar-refractivity contribution >= 4 is 21.5 Å². The zero-order valence-electron chi connectivity index (χ0n) is 10.7. The molecule has 0 N–H and O–H groups in total. The average molecular weight is 233 g/mol. The fourth-order valence-corrected chi connectivity index (χ4v) is 2.53. The van der Waals surface area contributed by atoms with E-state index in [0.29, 0.717) is 0 Å². The average Bonchev–Trinajstić information content (AvgIpc) is 2.43. The molecular weight excluding hydrogens is 216 g/mol. The second kappa shape index (κ2) is 4.81. The van der Waals surface area contributed by atoms with Gasteiger partial charge in [0.25, 0.3) is 0 Å². The van der Waals surface area contributed by atoms with Crippen LogP contribution in [-0.4, -0.2) is 0 Å². The maximum absolute atomic E-state index is 3.36. The largest absolute Gasteiger partial charge is 0.0654 e. The Hall–Kier alpha value is -1.82. The van der Waals surface area contributed by atoms with Crippen molar-refractivity contribution in [3.05, 3.63) is 60.2 Å². The van der Waals surface area contributed by atoms with Crippen LogP contribution in [0.25, 0.3) is 21.5 Å². The van der Waals surface area contributed by atoms with Gasteiger partial charge in [0.2, 0.25) is 0 Å². The molecule has 0 amide bonds. The van der Waals surface area contributed by atoms with E-state index < -0.39 is 0 Å². The maximum Gasteiger partial charge on any atom is -0.00960 e. The van der Waals surface area contributed by atoms with Crippen molar-refractivity contribution in [1.29, 1.82) is 0 Å². The lowest BCUT2D eigenvalue weighted by atomic mass is 9.97. The minimum Gasteiger partial charge on any atom is -0.0654 e. The number of benzene rings is 3. The molecule has 0 fully saturated rings. The highest BCUT2D eigenvalue weighted by molar-refractivity contribution is 5.99. The van der Waals surface area contributed by atoms with E-state index in [1.54, 1.807) is 0 Å². The predicted molar refractivity (Wildman–Crippen MR) is 78.9 cm³/mol. The van der Waals surface area contributed by atoms with Crippen LogP contribution in [0.2, 0.25) is 0 Å². The summed E-state index contributed by atoms with van der Waals surface area (Å²) in [5.41, 5.74) is 1.45. The lowest BCUT2D eigenvalue weighted by molar-refractivity contribution is 0.799. The lowest BCUT2D eigenvalue weighted by Gasteiger charge is -2.07. The van der Waals surface area contributed by atoms with Gasteiger partial charge in [0.05, 0.1) is 0 Å². The molecule has 0 spiro atoms. The van der Waals surface area contributed by atoms with Gasteiger partial charge in [0, 0.05) is 0 Å². The van der Waals surface area contributed by atoms with Crippen molar-refractivity contribution in [2.45, 2.75) is 26.2 Å². The lowest BCUT2D eigenvalue weighted by Crippen LogP contribution is -1.87. The van der Waals surface area contributed by atoms with E-state index in [9.17, 15) is 0 Å². The van der Waals surface area contributed by atoms with Crippen molar-refractivity contribution in [1.82, 2.24) is 0 Å². The zero-order valence-corrected chi connectivity index (χ0v) is 10.7. The summed E-state index contributed by atoms with van der Waals surface area (Å²) in [6.45, 7) is 2.24. The quantitative estimate of drug-likeness (QED) is 0.550. The minimum absolute atomic E-state index is 1.17. The molecule has 0 aliphatic heterocycles. The standard InChI is InChI=1S/C18H17/c1-2-3-7-14-10-6-11-17-12-15-8-4-5-9-16(15)13-18(14)17/h4-6,8-10,12-13H,2-3,7H2,1H3. The second-order valence-corrected chi connectivity index (χ2v) is 4.85. The fraction of sp³-hybridized carbons (Fsp3) is 0.222. The molecule has 0 saturated heterocycles. The van der Waals surface area contributed by atoms with E-state index in [0.717, 1.165) is 0 Å². The number of hydrogen-bond donors (Lipinski definition) is 0. The summed E-state index contributed by atoms with van der Waals surface area (Å²) in [6.07, 6.45) is 3.67. The van der Waals surface area contributed by atoms with E-state index in [1.807, 2.05) is 0 Å². The molecular formula is C18H17. The van der Waals surface area contributed by atoms with E-state index in [-0.39, 0.29) is 0 Å². The van der Waals surface area contributed by atoms with Gasteiger partial charge in [0.1, 0.15) is 0 Å². The zero-order chi connectivity index (χ0) is 12.4. The third-order valence-electron chi connectivity index (χ3n) is 3.55. The van der Waals surface area contributed by atoms with Crippen LogP contribution in [0.5, 0.6) is 0 Å². The third kappa shape index (κ3) is 1.99. The molecule has 0 aliphatic carbocycles. The SMILES string of the molecule is CCCCc1cc[c]c2cc3ccccc3cc12. The van der Waals surface area contributed by atoms with Crippen LogP contribution in [0.15, 0.2) is 48.5 Å². The molecule has 0 atom stereocenters. The first-order valence-electron chi connectivity index (χ1n) is 6.70. The second-order valence-electron chi connectivity index (χ2n) is 4.85. The summed E-state index contributed by atoms with van der Waals surface area (Å²) >= 11 is 0. The number of fused-ring (bicyclic) bond motifs is 2. The molecule has 0 heteroatoms. The molecule has 0 nitrogen and oxygen atoms in total. The number of hydrogen-bond acceptors (Lipinski definition) is 0. The van der Waals surface area contributed by atoms with Crippen LogP contribution in [0.1, 0.15) is 25.3 Å². The molecule has 0 aliphatic rings. The number of rotatable bonds is 3. The Labute approximate surface area is 108 Å². The molecule has 3 aromatic carbocycles. The van der Waals surface area contributed by atoms with Gasteiger partial charge >= 0.3 is 0 Å². The van der Waals surface area contributed by atoms with E-state index >= 15 is 0 Å². The molecule has 0 heterocycles. The van der Waals surface area contributed by atoms with Gasteiger partial charge in [-0.15, -0.1) is 0 Å². The summed E-state index contributed by atoms with van der Waals surface area (Å²) in [5, 5.41) is 5.23. The van der Waals surface area contributed by atoms with Crippen molar-refractivity contribution < 1.29 is 0 Å². The van der Waals surface area contributed by atoms with E-state index in [1.165, 1.54) is 46.4 Å². The first-order valence-corrected chi connectivity index (χ1v) is 6.70. The third-order valence-corrected chi connectivity index (χ3v) is 3.55. The molecule has 0 unspecified atom stereocenters. The Morgan fingerprint density at radius 3 is 2.56 bits per heavy atom. The Morgan fingerprint density at radius 1 is 1.00 bits per heavy atom. The van der Waals surface area contributed by atoms with Gasteiger partial charge in [-0.25, -0.2) is 0 Å². The number of aryl methyl sites for hydroxylation is 1. The van der Waals surface area contributed by atoms with Crippen LogP contribution < -0.4 is 0 Å². The Balaban J connectivity index is 2.22. The molecule has 1 radical (unpaired) electrons. The smallest absolute Gasteiger partial charge is 0.00960 e. The topological polar surface area (TPSA) is 0 Å². The van der Waals surface area contributed by atoms with Gasteiger partial charge < -0.3 is 0 Å². The van der Waals surface area contributed by atoms with Crippen molar-refractivity contribution in [2.24, 2.45) is 0 Å². The van der Waals surface area contributed by atoms with Gasteiger partial charge in [0.15, 0.2) is 0 Å². The molecule has 0 saturated carbocycles. The summed E-state index contributed by atoms with van der Waals surface area (Å²) < 4.78 is 0. The molecule has 3 rings (SSSR count). The molecule has 3 aromatic rings. The Kier molecular flexibility index (Phi) is 3.02. The Bertz CT molecular complexity index is 680. The van der Waals surface area contributed by atoms with Gasteiger partial charge in [-0.1, -0.05) is 49.7 Å². The summed E-state index contributed by atoms with van der Waals surface area (Å²) in [4.78, 5) is 0. The summed E-state index contributed by atoms with van der Waals surface area (Å²) in [6, 6.07) is 20.7. The molecule has 0 aromatic heterocycles. The van der Waals surface area contributed by atoms with Crippen molar-refractivity contribution in [2.75, 3.05) is 0 Å². The van der Waals surface area contributed by atoms with Gasteiger partial charge in [-0.05, 0) is 58.1 Å². The van der Waals surface area contributed by atoms with Crippen LogP contribution in [0.4, 0.5) is 0 Å². The van der Waals surface area contributed by atoms with Gasteiger partial charge in [-0.3, -0.25) is 0 Å². The van der Waals surface area contributed by atoms with Crippen LogP contribution in [0.3, 0.4) is 0 Å². The van der Waals surface area contributed by atoms with E-state index in [2.05, 4.69) is 61.5 Å². The van der Waals surface area contributed by atoms with Crippen LogP contribution in [-0.2, 0) is 6.42 Å². The minimum atomic E-state index is 1.17. The monoisotopic (exact) mass is 233 g/mol. The normalized spacial score (nSPS) is 11.2. The number of unbranched alkanes of at least 4 members (excludes halogenated alkanes) is 1. The van der Waals surface area contributed by atoms with Gasteiger partial charge in [-0.2, -0.15) is 0 Å². The highest BCUT2D eigenvalue weighted by Gasteiger charge is 2.02. The molecule has 0 bridgehead atoms. The van der Waals surface area contributed by atoms with E-state index in [4.69, 9.17) is 0 Å². The highest BCUT2D eigenvalue weighted by atomic mass is 14.1. The van der Waals surface area contributed by atoms with Crippen molar-refractivity contribution in [3.8, 4) is 0 Å². The fourth-order valence-electron chi connectivity index (χ4n) is 2.53. The van der Waals surface area contributed by atoms with Crippen LogP contribution in [0, 0.1) is 6.07 Å². The Morgan fingerprint density at radius 2 is 1.78 bits per heavy atom. The first-order chi connectivity index (χ1) is 8.88. The first kappa shape index (κ1) is 11.3. The van der Waals surface area contributed by atoms with Crippen molar-refractivity contribution in [3.63, 3.8) is 0 Å². The van der Waals surface area contributed by atoms with Crippen LogP contribution >= 0.6 is 0 Å². The molecule has 89 valence electrons. The summed E-state index contributed by atoms with van der Waals surface area (Å²) in [7, 11) is 0. The molecule has 18 heavy (non-hydrogen) atoms. The highest BCUT2D eigenvalue weighted by Crippen LogP contribution is 2.26.